The van der Waals surface area contributed by atoms with Crippen LogP contribution < -0.4 is 19.1 Å². The van der Waals surface area contributed by atoms with Crippen molar-refractivity contribution in [2.75, 3.05) is 25.9 Å². The van der Waals surface area contributed by atoms with Crippen molar-refractivity contribution in [2.45, 2.75) is 19.4 Å². The third-order valence-electron chi connectivity index (χ3n) is 5.79. The Kier molecular flexibility index (Phi) is 3.84. The summed E-state index contributed by atoms with van der Waals surface area (Å²) < 4.78 is 16.7. The molecule has 29 heavy (non-hydrogen) atoms. The first kappa shape index (κ1) is 17.7. The van der Waals surface area contributed by atoms with Crippen molar-refractivity contribution in [3.05, 3.63) is 42.0 Å². The number of hydrogen-bond donors (Lipinski definition) is 1. The number of anilines is 1. The zero-order valence-corrected chi connectivity index (χ0v) is 16.5. The van der Waals surface area contributed by atoms with Crippen molar-refractivity contribution in [3.63, 3.8) is 0 Å². The molecule has 5 rings (SSSR count). The number of carbonyl (C=O) groups excluding carboxylic acids is 1. The minimum atomic E-state index is -0.256. The molecule has 1 unspecified atom stereocenters. The van der Waals surface area contributed by atoms with Gasteiger partial charge in [-0.1, -0.05) is 12.1 Å². The molecule has 0 radical (unpaired) electrons. The molecule has 6 nitrogen and oxygen atoms in total. The van der Waals surface area contributed by atoms with Gasteiger partial charge < -0.3 is 24.2 Å². The molecule has 1 N–H and O–H groups in total. The number of Topliss-reactive ketones (excluding diaryl/α,β-unsaturated/α-hetero) is 1. The van der Waals surface area contributed by atoms with Crippen LogP contribution in [0.2, 0.25) is 0 Å². The van der Waals surface area contributed by atoms with Crippen LogP contribution in [0.5, 0.6) is 23.0 Å². The third-order valence-corrected chi connectivity index (χ3v) is 5.79. The standard InChI is InChI=1S/C23H21NO5/c1-12(25)8-17-21-14(6-7-18(26)23(21)27-3)15-5-4-13-9-19-20(29-11-28-19)10-16(13)22(15)24(17)2/h4-7,9-10,17,26H,8,11H2,1-3H3. The second-order valence-corrected chi connectivity index (χ2v) is 7.50. The normalized spacial score (nSPS) is 16.5. The Labute approximate surface area is 168 Å². The number of rotatable bonds is 3. The first-order valence-electron chi connectivity index (χ1n) is 9.48. The van der Waals surface area contributed by atoms with E-state index in [2.05, 4.69) is 17.0 Å². The fourth-order valence-corrected chi connectivity index (χ4v) is 4.52. The second-order valence-electron chi connectivity index (χ2n) is 7.50. The van der Waals surface area contributed by atoms with Crippen molar-refractivity contribution in [1.82, 2.24) is 0 Å². The summed E-state index contributed by atoms with van der Waals surface area (Å²) in [6, 6.07) is 11.4. The van der Waals surface area contributed by atoms with Crippen LogP contribution in [0.1, 0.15) is 24.9 Å². The molecular weight excluding hydrogens is 370 g/mol. The topological polar surface area (TPSA) is 68.2 Å². The highest BCUT2D eigenvalue weighted by atomic mass is 16.7. The SMILES string of the molecule is COc1c(O)ccc2c1C(CC(C)=O)N(C)c1c-2ccc2cc3c(cc12)OCO3. The Bertz CT molecular complexity index is 1170. The summed E-state index contributed by atoms with van der Waals surface area (Å²) in [6.07, 6.45) is 0.309. The second kappa shape index (κ2) is 6.30. The fourth-order valence-electron chi connectivity index (χ4n) is 4.52. The van der Waals surface area contributed by atoms with Crippen molar-refractivity contribution in [3.8, 4) is 34.1 Å². The maximum atomic E-state index is 12.1. The smallest absolute Gasteiger partial charge is 0.231 e. The van der Waals surface area contributed by atoms with Gasteiger partial charge in [-0.05, 0) is 42.1 Å². The Balaban J connectivity index is 1.84. The molecule has 0 saturated heterocycles. The Morgan fingerprint density at radius 3 is 2.62 bits per heavy atom. The van der Waals surface area contributed by atoms with E-state index in [-0.39, 0.29) is 24.4 Å². The van der Waals surface area contributed by atoms with Crippen molar-refractivity contribution >= 4 is 22.2 Å². The maximum absolute atomic E-state index is 12.1. The highest BCUT2D eigenvalue weighted by Crippen LogP contribution is 2.54. The number of nitrogens with zero attached hydrogens (tertiary/aromatic N) is 1. The number of methoxy groups -OCH3 is 1. The van der Waals surface area contributed by atoms with Crippen molar-refractivity contribution in [1.29, 1.82) is 0 Å². The van der Waals surface area contributed by atoms with Crippen LogP contribution in [0.25, 0.3) is 21.9 Å². The highest BCUT2D eigenvalue weighted by molar-refractivity contribution is 6.06. The number of phenolic OH excluding ortho intramolecular Hbond substituents is 1. The first-order chi connectivity index (χ1) is 14.0. The third kappa shape index (κ3) is 2.52. The lowest BCUT2D eigenvalue weighted by Gasteiger charge is -2.39. The molecule has 0 amide bonds. The summed E-state index contributed by atoms with van der Waals surface area (Å²) in [5.74, 6) is 2.01. The van der Waals surface area contributed by atoms with E-state index in [1.807, 2.05) is 25.2 Å². The number of carbonyl (C=O) groups is 1. The summed E-state index contributed by atoms with van der Waals surface area (Å²) in [5.41, 5.74) is 3.83. The Morgan fingerprint density at radius 1 is 1.17 bits per heavy atom. The zero-order valence-electron chi connectivity index (χ0n) is 16.5. The number of benzene rings is 3. The number of hydrogen-bond acceptors (Lipinski definition) is 6. The lowest BCUT2D eigenvalue weighted by molar-refractivity contribution is -0.117. The van der Waals surface area contributed by atoms with Gasteiger partial charge in [0.1, 0.15) is 5.78 Å². The molecule has 2 heterocycles. The highest BCUT2D eigenvalue weighted by Gasteiger charge is 2.35. The van der Waals surface area contributed by atoms with E-state index in [1.54, 1.807) is 13.0 Å². The molecule has 0 saturated carbocycles. The van der Waals surface area contributed by atoms with E-state index in [9.17, 15) is 9.90 Å². The van der Waals surface area contributed by atoms with Crippen molar-refractivity contribution < 1.29 is 24.1 Å². The van der Waals surface area contributed by atoms with Crippen LogP contribution in [0.15, 0.2) is 36.4 Å². The lowest BCUT2D eigenvalue weighted by atomic mass is 9.84. The molecule has 3 aromatic rings. The Morgan fingerprint density at radius 2 is 1.90 bits per heavy atom. The molecular formula is C23H21NO5. The number of aromatic hydroxyl groups is 1. The van der Waals surface area contributed by atoms with Crippen LogP contribution >= 0.6 is 0 Å². The van der Waals surface area contributed by atoms with E-state index < -0.39 is 0 Å². The van der Waals surface area contributed by atoms with Gasteiger partial charge in [0.2, 0.25) is 6.79 Å². The molecule has 2 aliphatic rings. The molecule has 0 aromatic heterocycles. The summed E-state index contributed by atoms with van der Waals surface area (Å²) in [6.45, 7) is 1.80. The average Bonchev–Trinajstić information content (AvgIpc) is 3.15. The zero-order chi connectivity index (χ0) is 20.3. The number of ketones is 1. The summed E-state index contributed by atoms with van der Waals surface area (Å²) in [7, 11) is 3.51. The minimum absolute atomic E-state index is 0.0690. The molecule has 0 bridgehead atoms. The van der Waals surface area contributed by atoms with Gasteiger partial charge in [-0.2, -0.15) is 0 Å². The van der Waals surface area contributed by atoms with Gasteiger partial charge in [-0.3, -0.25) is 4.79 Å². The van der Waals surface area contributed by atoms with Gasteiger partial charge in [0, 0.05) is 30.0 Å². The Hall–Kier alpha value is -3.41. The van der Waals surface area contributed by atoms with Gasteiger partial charge in [0.25, 0.3) is 0 Å². The van der Waals surface area contributed by atoms with Gasteiger partial charge >= 0.3 is 0 Å². The molecule has 1 atom stereocenters. The molecule has 0 fully saturated rings. The maximum Gasteiger partial charge on any atom is 0.231 e. The monoisotopic (exact) mass is 391 g/mol. The minimum Gasteiger partial charge on any atom is -0.504 e. The van der Waals surface area contributed by atoms with Crippen LogP contribution in [-0.2, 0) is 4.79 Å². The molecule has 6 heteroatoms. The molecule has 0 aliphatic carbocycles. The van der Waals surface area contributed by atoms with Gasteiger partial charge in [0.05, 0.1) is 18.8 Å². The van der Waals surface area contributed by atoms with E-state index in [0.717, 1.165) is 44.6 Å². The van der Waals surface area contributed by atoms with E-state index in [0.29, 0.717) is 12.2 Å². The molecule has 3 aromatic carbocycles. The van der Waals surface area contributed by atoms with Crippen LogP contribution in [-0.4, -0.2) is 31.8 Å². The summed E-state index contributed by atoms with van der Waals surface area (Å²) in [4.78, 5) is 14.2. The van der Waals surface area contributed by atoms with Gasteiger partial charge in [-0.25, -0.2) is 0 Å². The number of fused-ring (bicyclic) bond motifs is 6. The van der Waals surface area contributed by atoms with Crippen LogP contribution in [0.4, 0.5) is 5.69 Å². The van der Waals surface area contributed by atoms with Gasteiger partial charge in [0.15, 0.2) is 23.0 Å². The van der Waals surface area contributed by atoms with Crippen molar-refractivity contribution in [2.24, 2.45) is 0 Å². The molecule has 0 spiro atoms. The van der Waals surface area contributed by atoms with E-state index >= 15 is 0 Å². The average molecular weight is 391 g/mol. The van der Waals surface area contributed by atoms with Crippen LogP contribution in [0.3, 0.4) is 0 Å². The summed E-state index contributed by atoms with van der Waals surface area (Å²) in [5, 5.41) is 12.4. The molecule has 2 aliphatic heterocycles. The predicted molar refractivity (Wildman–Crippen MR) is 110 cm³/mol. The van der Waals surface area contributed by atoms with E-state index in [1.165, 1.54) is 7.11 Å². The van der Waals surface area contributed by atoms with Crippen LogP contribution in [0, 0.1) is 0 Å². The quantitative estimate of drug-likeness (QED) is 0.713. The van der Waals surface area contributed by atoms with E-state index in [4.69, 9.17) is 14.2 Å². The number of ether oxygens (including phenoxy) is 3. The summed E-state index contributed by atoms with van der Waals surface area (Å²) >= 11 is 0. The van der Waals surface area contributed by atoms with Gasteiger partial charge in [-0.15, -0.1) is 0 Å². The fraction of sp³-hybridized carbons (Fsp3) is 0.261. The molecule has 148 valence electrons. The predicted octanol–water partition coefficient (Wildman–Crippen LogP) is 4.42. The first-order valence-corrected chi connectivity index (χ1v) is 9.48. The number of phenols is 1. The largest absolute Gasteiger partial charge is 0.504 e. The lowest BCUT2D eigenvalue weighted by Crippen LogP contribution is -2.30.